The minimum Gasteiger partial charge on any atom is -0.463 e. The molecular formula is C16H16FNO2S. The van der Waals surface area contributed by atoms with E-state index in [1.54, 1.807) is 22.7 Å². The van der Waals surface area contributed by atoms with E-state index in [0.29, 0.717) is 13.0 Å². The van der Waals surface area contributed by atoms with Crippen molar-refractivity contribution in [1.82, 2.24) is 4.90 Å². The summed E-state index contributed by atoms with van der Waals surface area (Å²) in [6.07, 6.45) is 0.510. The van der Waals surface area contributed by atoms with E-state index in [1.165, 1.54) is 12.1 Å². The largest absolute Gasteiger partial charge is 0.463 e. The second-order valence-electron chi connectivity index (χ2n) is 5.07. The Morgan fingerprint density at radius 2 is 2.24 bits per heavy atom. The number of carbonyl (C=O) groups is 1. The van der Waals surface area contributed by atoms with Gasteiger partial charge in [0.1, 0.15) is 22.7 Å². The van der Waals surface area contributed by atoms with E-state index < -0.39 is 0 Å². The number of hydrogen-bond donors (Lipinski definition) is 0. The lowest BCUT2D eigenvalue weighted by Crippen LogP contribution is -2.36. The average molecular weight is 305 g/mol. The van der Waals surface area contributed by atoms with Crippen LogP contribution in [0.1, 0.15) is 28.9 Å². The van der Waals surface area contributed by atoms with Gasteiger partial charge in [-0.25, -0.2) is 4.39 Å². The first-order valence-electron chi connectivity index (χ1n) is 6.85. The van der Waals surface area contributed by atoms with Gasteiger partial charge in [-0.15, -0.1) is 11.8 Å². The van der Waals surface area contributed by atoms with Gasteiger partial charge in [0, 0.05) is 18.7 Å². The summed E-state index contributed by atoms with van der Waals surface area (Å²) in [5.74, 6) is 2.19. The molecule has 0 radical (unpaired) electrons. The molecule has 21 heavy (non-hydrogen) atoms. The highest BCUT2D eigenvalue weighted by molar-refractivity contribution is 7.99. The van der Waals surface area contributed by atoms with Crippen LogP contribution in [-0.4, -0.2) is 16.6 Å². The number of halogens is 1. The highest BCUT2D eigenvalue weighted by Crippen LogP contribution is 2.38. The fourth-order valence-electron chi connectivity index (χ4n) is 2.45. The van der Waals surface area contributed by atoms with Crippen LogP contribution in [0.5, 0.6) is 0 Å². The molecule has 1 saturated heterocycles. The third-order valence-corrected chi connectivity index (χ3v) is 4.68. The molecule has 3 nitrogen and oxygen atoms in total. The minimum absolute atomic E-state index is 0.0806. The number of amides is 1. The van der Waals surface area contributed by atoms with E-state index in [0.717, 1.165) is 22.8 Å². The Bertz CT molecular complexity index is 655. The van der Waals surface area contributed by atoms with Crippen molar-refractivity contribution in [2.45, 2.75) is 25.3 Å². The van der Waals surface area contributed by atoms with E-state index in [9.17, 15) is 9.18 Å². The third kappa shape index (κ3) is 3.13. The summed E-state index contributed by atoms with van der Waals surface area (Å²) in [6, 6.07) is 10.2. The van der Waals surface area contributed by atoms with E-state index in [1.807, 2.05) is 25.1 Å². The number of rotatable bonds is 3. The fraction of sp³-hybridized carbons (Fsp3) is 0.312. The lowest BCUT2D eigenvalue weighted by molar-refractivity contribution is -0.133. The van der Waals surface area contributed by atoms with Crippen LogP contribution in [0.4, 0.5) is 4.39 Å². The van der Waals surface area contributed by atoms with Crippen molar-refractivity contribution in [3.63, 3.8) is 0 Å². The topological polar surface area (TPSA) is 33.5 Å². The van der Waals surface area contributed by atoms with E-state index in [-0.39, 0.29) is 17.1 Å². The zero-order chi connectivity index (χ0) is 14.8. The van der Waals surface area contributed by atoms with Gasteiger partial charge in [-0.2, -0.15) is 0 Å². The van der Waals surface area contributed by atoms with Crippen LogP contribution in [0, 0.1) is 12.7 Å². The molecule has 1 unspecified atom stereocenters. The maximum atomic E-state index is 13.3. The van der Waals surface area contributed by atoms with Crippen molar-refractivity contribution >= 4 is 17.7 Å². The molecule has 5 heteroatoms. The van der Waals surface area contributed by atoms with Crippen LogP contribution in [0.2, 0.25) is 0 Å². The highest BCUT2D eigenvalue weighted by atomic mass is 32.2. The fourth-order valence-corrected chi connectivity index (χ4v) is 3.63. The summed E-state index contributed by atoms with van der Waals surface area (Å²) >= 11 is 1.68. The van der Waals surface area contributed by atoms with Gasteiger partial charge in [-0.3, -0.25) is 4.79 Å². The highest BCUT2D eigenvalue weighted by Gasteiger charge is 2.31. The quantitative estimate of drug-likeness (QED) is 0.862. The molecule has 1 aromatic carbocycles. The molecule has 0 saturated carbocycles. The van der Waals surface area contributed by atoms with Crippen molar-refractivity contribution in [2.24, 2.45) is 0 Å². The molecule has 1 amide bonds. The Balaban J connectivity index is 1.86. The average Bonchev–Trinajstić information content (AvgIpc) is 2.88. The number of nitrogens with zero attached hydrogens (tertiary/aromatic N) is 1. The molecule has 2 heterocycles. The van der Waals surface area contributed by atoms with Crippen molar-refractivity contribution in [3.8, 4) is 0 Å². The lowest BCUT2D eigenvalue weighted by Gasteiger charge is -2.34. The summed E-state index contributed by atoms with van der Waals surface area (Å²) in [5, 5.41) is -0.136. The summed E-state index contributed by atoms with van der Waals surface area (Å²) in [6.45, 7) is 2.28. The maximum absolute atomic E-state index is 13.3. The predicted molar refractivity (Wildman–Crippen MR) is 80.2 cm³/mol. The molecule has 1 aliphatic heterocycles. The van der Waals surface area contributed by atoms with Crippen LogP contribution < -0.4 is 0 Å². The molecule has 1 aliphatic rings. The SMILES string of the molecule is Cc1ccc(C2SCCC(=O)N2Cc2cccc(F)c2)o1. The third-order valence-electron chi connectivity index (χ3n) is 3.44. The first-order chi connectivity index (χ1) is 10.1. The van der Waals surface area contributed by atoms with Crippen LogP contribution in [0.25, 0.3) is 0 Å². The van der Waals surface area contributed by atoms with Gasteiger partial charge in [0.15, 0.2) is 0 Å². The molecule has 1 fully saturated rings. The second-order valence-corrected chi connectivity index (χ2v) is 6.26. The molecule has 0 spiro atoms. The van der Waals surface area contributed by atoms with Gasteiger partial charge in [-0.1, -0.05) is 12.1 Å². The standard InChI is InChI=1S/C16H16FNO2S/c1-11-5-6-14(20-11)16-18(15(19)7-8-21-16)10-12-3-2-4-13(17)9-12/h2-6,9,16H,7-8,10H2,1H3. The zero-order valence-corrected chi connectivity index (χ0v) is 12.5. The van der Waals surface area contributed by atoms with Crippen LogP contribution in [0.3, 0.4) is 0 Å². The maximum Gasteiger partial charge on any atom is 0.224 e. The molecule has 1 aromatic heterocycles. The summed E-state index contributed by atoms with van der Waals surface area (Å²) in [4.78, 5) is 14.0. The Morgan fingerprint density at radius 1 is 1.38 bits per heavy atom. The molecule has 3 rings (SSSR count). The van der Waals surface area contributed by atoms with Gasteiger partial charge in [0.2, 0.25) is 5.91 Å². The predicted octanol–water partition coefficient (Wildman–Crippen LogP) is 3.89. The van der Waals surface area contributed by atoms with Crippen molar-refractivity contribution in [3.05, 3.63) is 59.3 Å². The van der Waals surface area contributed by atoms with Crippen molar-refractivity contribution < 1.29 is 13.6 Å². The lowest BCUT2D eigenvalue weighted by atomic mass is 10.2. The van der Waals surface area contributed by atoms with Crippen LogP contribution in [-0.2, 0) is 11.3 Å². The van der Waals surface area contributed by atoms with E-state index in [4.69, 9.17) is 4.42 Å². The minimum atomic E-state index is -0.282. The molecule has 2 aromatic rings. The summed E-state index contributed by atoms with van der Waals surface area (Å²) in [7, 11) is 0. The monoisotopic (exact) mass is 305 g/mol. The Morgan fingerprint density at radius 3 is 2.95 bits per heavy atom. The van der Waals surface area contributed by atoms with Crippen LogP contribution in [0.15, 0.2) is 40.8 Å². The van der Waals surface area contributed by atoms with E-state index in [2.05, 4.69) is 0 Å². The number of hydrogen-bond acceptors (Lipinski definition) is 3. The van der Waals surface area contributed by atoms with Gasteiger partial charge >= 0.3 is 0 Å². The second kappa shape index (κ2) is 5.93. The molecular weight excluding hydrogens is 289 g/mol. The Labute approximate surface area is 127 Å². The number of benzene rings is 1. The summed E-state index contributed by atoms with van der Waals surface area (Å²) in [5.41, 5.74) is 0.791. The molecule has 1 atom stereocenters. The van der Waals surface area contributed by atoms with Gasteiger partial charge in [0.05, 0.1) is 0 Å². The van der Waals surface area contributed by atoms with Crippen molar-refractivity contribution in [2.75, 3.05) is 5.75 Å². The number of thioether (sulfide) groups is 1. The van der Waals surface area contributed by atoms with Crippen molar-refractivity contribution in [1.29, 1.82) is 0 Å². The van der Waals surface area contributed by atoms with E-state index >= 15 is 0 Å². The number of carbonyl (C=O) groups excluding carboxylic acids is 1. The smallest absolute Gasteiger partial charge is 0.224 e. The van der Waals surface area contributed by atoms with Gasteiger partial charge in [0.25, 0.3) is 0 Å². The first kappa shape index (κ1) is 14.2. The number of aryl methyl sites for hydroxylation is 1. The molecule has 0 bridgehead atoms. The first-order valence-corrected chi connectivity index (χ1v) is 7.90. The zero-order valence-electron chi connectivity index (χ0n) is 11.7. The Kier molecular flexibility index (Phi) is 4.01. The van der Waals surface area contributed by atoms with Gasteiger partial charge in [-0.05, 0) is 36.8 Å². The number of furan rings is 1. The Hall–Kier alpha value is -1.75. The molecule has 0 N–H and O–H groups in total. The normalized spacial score (nSPS) is 19.0. The van der Waals surface area contributed by atoms with Gasteiger partial charge < -0.3 is 9.32 Å². The molecule has 110 valence electrons. The molecule has 0 aliphatic carbocycles. The summed E-state index contributed by atoms with van der Waals surface area (Å²) < 4.78 is 19.0. The van der Waals surface area contributed by atoms with Crippen LogP contribution >= 0.6 is 11.8 Å².